The summed E-state index contributed by atoms with van der Waals surface area (Å²) < 4.78 is 1.83. The van der Waals surface area contributed by atoms with E-state index < -0.39 is 0 Å². The second-order valence-electron chi connectivity index (χ2n) is 3.44. The summed E-state index contributed by atoms with van der Waals surface area (Å²) in [5.74, 6) is 1.64. The molecule has 2 aromatic rings. The summed E-state index contributed by atoms with van der Waals surface area (Å²) in [4.78, 5) is 5.25. The minimum atomic E-state index is 0.612. The lowest BCUT2D eigenvalue weighted by Crippen LogP contribution is -1.82. The van der Waals surface area contributed by atoms with Crippen LogP contribution in [0.15, 0.2) is 51.8 Å². The first-order valence-corrected chi connectivity index (χ1v) is 6.40. The average molecular weight is 246 g/mol. The lowest BCUT2D eigenvalue weighted by molar-refractivity contribution is 0.892. The van der Waals surface area contributed by atoms with Gasteiger partial charge in [0.15, 0.2) is 0 Å². The molecule has 2 rings (SSSR count). The quantitative estimate of drug-likeness (QED) is 0.605. The van der Waals surface area contributed by atoms with Crippen LogP contribution in [-0.2, 0) is 7.05 Å². The fraction of sp³-hybridized carbons (Fsp3) is 0.250. The first-order chi connectivity index (χ1) is 8.31. The Kier molecular flexibility index (Phi) is 3.93. The maximum atomic E-state index is 4.25. The Labute approximate surface area is 105 Å². The molecule has 88 valence electrons. The molecule has 0 spiro atoms. The number of thioether (sulfide) groups is 1. The van der Waals surface area contributed by atoms with E-state index in [1.165, 1.54) is 0 Å². The van der Waals surface area contributed by atoms with Gasteiger partial charge < -0.3 is 4.57 Å². The number of imidazole rings is 1. The topological polar surface area (TPSA) is 42.5 Å². The Hall–Kier alpha value is -1.62. The lowest BCUT2D eigenvalue weighted by Gasteiger charge is -2.01. The maximum Gasteiger partial charge on any atom is 0.249 e. The number of benzene rings is 1. The van der Waals surface area contributed by atoms with E-state index in [0.29, 0.717) is 5.95 Å². The highest BCUT2D eigenvalue weighted by atomic mass is 32.2. The molecule has 0 saturated heterocycles. The number of aryl methyl sites for hydroxylation is 1. The van der Waals surface area contributed by atoms with E-state index in [9.17, 15) is 0 Å². The van der Waals surface area contributed by atoms with Gasteiger partial charge in [0.25, 0.3) is 0 Å². The molecule has 0 radical (unpaired) electrons. The third-order valence-electron chi connectivity index (χ3n) is 2.21. The van der Waals surface area contributed by atoms with Crippen LogP contribution in [-0.4, -0.2) is 15.3 Å². The van der Waals surface area contributed by atoms with Gasteiger partial charge in [-0.25, -0.2) is 4.98 Å². The molecular weight excluding hydrogens is 232 g/mol. The van der Waals surface area contributed by atoms with E-state index in [-0.39, 0.29) is 0 Å². The molecule has 0 aliphatic heterocycles. The van der Waals surface area contributed by atoms with E-state index in [1.54, 1.807) is 18.0 Å². The number of hydrogen-bond donors (Lipinski definition) is 0. The van der Waals surface area contributed by atoms with E-state index in [1.807, 2.05) is 36.0 Å². The van der Waals surface area contributed by atoms with E-state index >= 15 is 0 Å². The van der Waals surface area contributed by atoms with Crippen molar-refractivity contribution in [3.8, 4) is 0 Å². The van der Waals surface area contributed by atoms with Gasteiger partial charge in [-0.3, -0.25) is 0 Å². The molecule has 0 fully saturated rings. The largest absolute Gasteiger partial charge is 0.317 e. The monoisotopic (exact) mass is 246 g/mol. The van der Waals surface area contributed by atoms with Crippen molar-refractivity contribution < 1.29 is 0 Å². The Balaban J connectivity index is 2.24. The average Bonchev–Trinajstić information content (AvgIpc) is 2.74. The van der Waals surface area contributed by atoms with Gasteiger partial charge in [-0.1, -0.05) is 19.1 Å². The molecule has 0 atom stereocenters. The molecule has 0 aliphatic rings. The second-order valence-corrected chi connectivity index (χ2v) is 4.74. The molecular formula is C12H14N4S. The van der Waals surface area contributed by atoms with Gasteiger partial charge in [0.05, 0.1) is 5.69 Å². The van der Waals surface area contributed by atoms with Crippen LogP contribution in [0.2, 0.25) is 0 Å². The Bertz CT molecular complexity index is 519. The Morgan fingerprint density at radius 2 is 2.12 bits per heavy atom. The van der Waals surface area contributed by atoms with Crippen LogP contribution in [0.1, 0.15) is 6.92 Å². The van der Waals surface area contributed by atoms with Crippen molar-refractivity contribution in [3.63, 3.8) is 0 Å². The molecule has 1 aromatic carbocycles. The third-order valence-corrected chi connectivity index (χ3v) is 3.15. The summed E-state index contributed by atoms with van der Waals surface area (Å²) >= 11 is 1.76. The van der Waals surface area contributed by atoms with Crippen molar-refractivity contribution in [2.24, 2.45) is 17.3 Å². The van der Waals surface area contributed by atoms with Crippen molar-refractivity contribution in [2.45, 2.75) is 11.8 Å². The van der Waals surface area contributed by atoms with Crippen molar-refractivity contribution in [1.82, 2.24) is 9.55 Å². The molecule has 0 bridgehead atoms. The highest BCUT2D eigenvalue weighted by Gasteiger charge is 2.01. The van der Waals surface area contributed by atoms with E-state index in [2.05, 4.69) is 28.2 Å². The number of azo groups is 1. The minimum absolute atomic E-state index is 0.612. The normalized spacial score (nSPS) is 11.2. The molecule has 17 heavy (non-hydrogen) atoms. The van der Waals surface area contributed by atoms with Gasteiger partial charge in [-0.05, 0) is 17.9 Å². The molecule has 1 heterocycles. The molecule has 0 aliphatic carbocycles. The fourth-order valence-electron chi connectivity index (χ4n) is 1.37. The molecule has 0 unspecified atom stereocenters. The van der Waals surface area contributed by atoms with Crippen LogP contribution >= 0.6 is 11.8 Å². The van der Waals surface area contributed by atoms with Crippen LogP contribution in [0.3, 0.4) is 0 Å². The third kappa shape index (κ3) is 2.94. The minimum Gasteiger partial charge on any atom is -0.317 e. The van der Waals surface area contributed by atoms with Gasteiger partial charge in [0, 0.05) is 24.3 Å². The summed E-state index contributed by atoms with van der Waals surface area (Å²) in [6.07, 6.45) is 3.56. The molecule has 4 nitrogen and oxygen atoms in total. The van der Waals surface area contributed by atoms with Crippen molar-refractivity contribution in [3.05, 3.63) is 36.7 Å². The summed E-state index contributed by atoms with van der Waals surface area (Å²) in [7, 11) is 1.90. The fourth-order valence-corrected chi connectivity index (χ4v) is 2.11. The van der Waals surface area contributed by atoms with Gasteiger partial charge in [-0.15, -0.1) is 22.0 Å². The first-order valence-electron chi connectivity index (χ1n) is 5.42. The summed E-state index contributed by atoms with van der Waals surface area (Å²) in [6.45, 7) is 2.12. The number of aromatic nitrogens is 2. The number of nitrogens with zero attached hydrogens (tertiary/aromatic N) is 4. The predicted molar refractivity (Wildman–Crippen MR) is 70.2 cm³/mol. The summed E-state index contributed by atoms with van der Waals surface area (Å²) in [6, 6.07) is 8.00. The van der Waals surface area contributed by atoms with Gasteiger partial charge in [0.2, 0.25) is 5.95 Å². The molecule has 0 saturated carbocycles. The van der Waals surface area contributed by atoms with E-state index in [0.717, 1.165) is 16.3 Å². The summed E-state index contributed by atoms with van der Waals surface area (Å²) in [5, 5.41) is 8.39. The standard InChI is InChI=1S/C12H14N4S/c1-3-17-11-7-5-4-6-10(11)14-15-12-13-8-9-16(12)2/h4-9H,3H2,1-2H3. The highest BCUT2D eigenvalue weighted by Crippen LogP contribution is 2.29. The van der Waals surface area contributed by atoms with Gasteiger partial charge in [0.1, 0.15) is 0 Å². The SMILES string of the molecule is CCSc1ccccc1N=Nc1nccn1C. The van der Waals surface area contributed by atoms with Crippen LogP contribution < -0.4 is 0 Å². The molecule has 5 heteroatoms. The van der Waals surface area contributed by atoms with E-state index in [4.69, 9.17) is 0 Å². The molecule has 0 N–H and O–H groups in total. The van der Waals surface area contributed by atoms with Gasteiger partial charge >= 0.3 is 0 Å². The Morgan fingerprint density at radius 3 is 2.82 bits per heavy atom. The summed E-state index contributed by atoms with van der Waals surface area (Å²) in [5.41, 5.74) is 0.891. The zero-order chi connectivity index (χ0) is 12.1. The van der Waals surface area contributed by atoms with Crippen molar-refractivity contribution in [2.75, 3.05) is 5.75 Å². The number of rotatable bonds is 4. The Morgan fingerprint density at radius 1 is 1.29 bits per heavy atom. The molecule has 1 aromatic heterocycles. The smallest absolute Gasteiger partial charge is 0.249 e. The lowest BCUT2D eigenvalue weighted by atomic mass is 10.3. The number of hydrogen-bond acceptors (Lipinski definition) is 4. The van der Waals surface area contributed by atoms with Crippen molar-refractivity contribution >= 4 is 23.4 Å². The predicted octanol–water partition coefficient (Wildman–Crippen LogP) is 3.95. The zero-order valence-electron chi connectivity index (χ0n) is 9.87. The van der Waals surface area contributed by atoms with Crippen LogP contribution in [0.25, 0.3) is 0 Å². The van der Waals surface area contributed by atoms with Gasteiger partial charge in [-0.2, -0.15) is 0 Å². The second kappa shape index (κ2) is 5.63. The van der Waals surface area contributed by atoms with Crippen LogP contribution in [0, 0.1) is 0 Å². The van der Waals surface area contributed by atoms with Crippen molar-refractivity contribution in [1.29, 1.82) is 0 Å². The molecule has 0 amide bonds. The first kappa shape index (κ1) is 11.9. The maximum absolute atomic E-state index is 4.25. The van der Waals surface area contributed by atoms with Crippen LogP contribution in [0.4, 0.5) is 11.6 Å². The van der Waals surface area contributed by atoms with Crippen LogP contribution in [0.5, 0.6) is 0 Å². The zero-order valence-corrected chi connectivity index (χ0v) is 10.7. The highest BCUT2D eigenvalue weighted by molar-refractivity contribution is 7.99.